The second-order valence-electron chi connectivity index (χ2n) is 7.91. The maximum Gasteiger partial charge on any atom is 0.405 e. The largest absolute Gasteiger partial charge is 0.405 e. The predicted octanol–water partition coefficient (Wildman–Crippen LogP) is 4.08. The van der Waals surface area contributed by atoms with Crippen LogP contribution in [0, 0.1) is 12.0 Å². The van der Waals surface area contributed by atoms with Crippen LogP contribution in [-0.4, -0.2) is 37.9 Å². The van der Waals surface area contributed by atoms with E-state index in [2.05, 4.69) is 35.3 Å². The second-order valence-corrected chi connectivity index (χ2v) is 7.91. The molecule has 0 radical (unpaired) electrons. The molecule has 0 amide bonds. The Bertz CT molecular complexity index is 1130. The van der Waals surface area contributed by atoms with Gasteiger partial charge in [-0.3, -0.25) is 5.10 Å². The summed E-state index contributed by atoms with van der Waals surface area (Å²) in [6.45, 7) is 6.48. The molecule has 0 aromatic carbocycles. The summed E-state index contributed by atoms with van der Waals surface area (Å²) in [5.74, 6) is 0.0733. The number of rotatable bonds is 4. The third-order valence-corrected chi connectivity index (χ3v) is 5.82. The van der Waals surface area contributed by atoms with Crippen LogP contribution in [0.25, 0.3) is 27.1 Å². The van der Waals surface area contributed by atoms with E-state index in [4.69, 9.17) is 6.57 Å². The average molecular weight is 399 g/mol. The van der Waals surface area contributed by atoms with Crippen molar-refractivity contribution in [1.29, 1.82) is 0 Å². The molecular weight excluding hydrogens is 383 g/mol. The van der Waals surface area contributed by atoms with Crippen LogP contribution in [0.1, 0.15) is 31.4 Å². The lowest BCUT2D eigenvalue weighted by atomic mass is 9.64. The second kappa shape index (κ2) is 5.89. The summed E-state index contributed by atoms with van der Waals surface area (Å²) in [4.78, 5) is 16.5. The smallest absolute Gasteiger partial charge is 0.361 e. The zero-order valence-electron chi connectivity index (χ0n) is 15.2. The first kappa shape index (κ1) is 17.8. The summed E-state index contributed by atoms with van der Waals surface area (Å²) in [5.41, 5.74) is 1.68. The third kappa shape index (κ3) is 2.97. The Morgan fingerprint density at radius 1 is 1.21 bits per heavy atom. The fourth-order valence-corrected chi connectivity index (χ4v) is 4.25. The van der Waals surface area contributed by atoms with Crippen molar-refractivity contribution < 1.29 is 13.2 Å². The van der Waals surface area contributed by atoms with Gasteiger partial charge in [-0.05, 0) is 30.4 Å². The molecule has 3 heterocycles. The monoisotopic (exact) mass is 399 g/mol. The van der Waals surface area contributed by atoms with Crippen molar-refractivity contribution in [3.05, 3.63) is 41.8 Å². The van der Waals surface area contributed by atoms with Crippen molar-refractivity contribution >= 4 is 16.7 Å². The van der Waals surface area contributed by atoms with E-state index < -0.39 is 18.3 Å². The van der Waals surface area contributed by atoms with Gasteiger partial charge in [0.05, 0.1) is 16.6 Å². The Labute approximate surface area is 163 Å². The molecule has 7 nitrogen and oxygen atoms in total. The molecule has 29 heavy (non-hydrogen) atoms. The van der Waals surface area contributed by atoms with Crippen LogP contribution in [0.2, 0.25) is 0 Å². The first-order valence-corrected chi connectivity index (χ1v) is 9.18. The highest BCUT2D eigenvalue weighted by Gasteiger charge is 2.67. The van der Waals surface area contributed by atoms with Gasteiger partial charge in [0.1, 0.15) is 30.1 Å². The Kier molecular flexibility index (Phi) is 3.62. The Morgan fingerprint density at radius 2 is 2.00 bits per heavy atom. The van der Waals surface area contributed by atoms with Crippen LogP contribution < -0.4 is 5.32 Å². The van der Waals surface area contributed by atoms with Crippen LogP contribution in [0.4, 0.5) is 19.0 Å². The maximum absolute atomic E-state index is 12.7. The summed E-state index contributed by atoms with van der Waals surface area (Å²) in [7, 11) is 0. The molecule has 2 N–H and O–H groups in total. The summed E-state index contributed by atoms with van der Waals surface area (Å²) in [6.07, 6.45) is 2.32. The third-order valence-electron chi connectivity index (χ3n) is 5.82. The maximum atomic E-state index is 12.7. The average Bonchev–Trinajstić information content (AvgIpc) is 3.34. The first-order chi connectivity index (χ1) is 13.8. The number of H-pyrrole nitrogens is 1. The van der Waals surface area contributed by atoms with Crippen LogP contribution in [0.5, 0.6) is 0 Å². The zero-order valence-corrected chi connectivity index (χ0v) is 15.2. The van der Waals surface area contributed by atoms with Crippen molar-refractivity contribution in [2.24, 2.45) is 5.41 Å². The molecule has 2 aliphatic rings. The van der Waals surface area contributed by atoms with Crippen LogP contribution >= 0.6 is 0 Å². The Hall–Kier alpha value is -3.22. The van der Waals surface area contributed by atoms with E-state index in [-0.39, 0.29) is 5.82 Å². The van der Waals surface area contributed by atoms with E-state index >= 15 is 0 Å². The van der Waals surface area contributed by atoms with E-state index in [1.54, 1.807) is 12.1 Å². The number of nitrogens with one attached hydrogen (secondary N) is 2. The van der Waals surface area contributed by atoms with Gasteiger partial charge >= 0.3 is 6.18 Å². The van der Waals surface area contributed by atoms with Gasteiger partial charge in [0.25, 0.3) is 5.54 Å². The van der Waals surface area contributed by atoms with Crippen LogP contribution in [0.3, 0.4) is 0 Å². The van der Waals surface area contributed by atoms with Crippen molar-refractivity contribution in [3.63, 3.8) is 0 Å². The molecule has 10 heteroatoms. The zero-order chi connectivity index (χ0) is 20.3. The number of nitrogens with zero attached hydrogens (tertiary/aromatic N) is 5. The van der Waals surface area contributed by atoms with Gasteiger partial charge in [0.2, 0.25) is 0 Å². The fraction of sp³-hybridized carbons (Fsp3) is 0.421. The number of fused-ring (bicyclic) bond motifs is 1. The summed E-state index contributed by atoms with van der Waals surface area (Å²) in [6, 6.07) is 3.36. The first-order valence-electron chi connectivity index (χ1n) is 9.18. The van der Waals surface area contributed by atoms with E-state index in [0.29, 0.717) is 33.4 Å². The van der Waals surface area contributed by atoms with Gasteiger partial charge in [0.15, 0.2) is 0 Å². The molecule has 5 rings (SSSR count). The standard InChI is InChI=1S/C19H16F3N7/c1-23-18(7-17(8-18)3-4-17)13-6-12(26-10-27-13)15-14-11(28-29-15)2-5-24-16(14)25-9-19(20,21)22/h2,5-6,10H,3-4,7-9H2,(H,24,25)(H,28,29). The molecule has 3 aromatic heterocycles. The number of aromatic amines is 1. The summed E-state index contributed by atoms with van der Waals surface area (Å²) < 4.78 is 38.0. The Morgan fingerprint density at radius 3 is 2.69 bits per heavy atom. The highest BCUT2D eigenvalue weighted by atomic mass is 19.4. The van der Waals surface area contributed by atoms with Crippen molar-refractivity contribution in [2.75, 3.05) is 11.9 Å². The highest BCUT2D eigenvalue weighted by Crippen LogP contribution is 2.69. The summed E-state index contributed by atoms with van der Waals surface area (Å²) >= 11 is 0. The number of alkyl halides is 3. The van der Waals surface area contributed by atoms with Gasteiger partial charge in [-0.25, -0.2) is 21.5 Å². The predicted molar refractivity (Wildman–Crippen MR) is 98.6 cm³/mol. The fourth-order valence-electron chi connectivity index (χ4n) is 4.25. The molecule has 1 spiro atoms. The minimum Gasteiger partial charge on any atom is -0.361 e. The molecule has 0 unspecified atom stereocenters. The van der Waals surface area contributed by atoms with Crippen molar-refractivity contribution in [2.45, 2.75) is 37.4 Å². The van der Waals surface area contributed by atoms with Crippen molar-refractivity contribution in [1.82, 2.24) is 25.1 Å². The SMILES string of the molecule is [C-]#[N+]C1(c2cc(-c3n[nH]c4ccnc(NCC(F)(F)F)c34)ncn2)CC2(CC2)C1. The van der Waals surface area contributed by atoms with Gasteiger partial charge < -0.3 is 10.2 Å². The van der Waals surface area contributed by atoms with Gasteiger partial charge in [-0.1, -0.05) is 0 Å². The minimum atomic E-state index is -4.37. The molecule has 2 aliphatic carbocycles. The molecule has 2 saturated carbocycles. The molecule has 0 saturated heterocycles. The molecule has 148 valence electrons. The number of hydrogen-bond donors (Lipinski definition) is 2. The number of aromatic nitrogens is 5. The normalized spacial score (nSPS) is 19.0. The highest BCUT2D eigenvalue weighted by molar-refractivity contribution is 5.99. The topological polar surface area (TPSA) is 83.7 Å². The van der Waals surface area contributed by atoms with Crippen LogP contribution in [0.15, 0.2) is 24.7 Å². The van der Waals surface area contributed by atoms with Gasteiger partial charge in [-0.2, -0.15) is 18.3 Å². The molecular formula is C19H16F3N7. The number of halogens is 3. The number of hydrogen-bond acceptors (Lipinski definition) is 5. The van der Waals surface area contributed by atoms with Crippen LogP contribution in [-0.2, 0) is 5.54 Å². The van der Waals surface area contributed by atoms with E-state index in [9.17, 15) is 13.2 Å². The molecule has 3 aromatic rings. The Balaban J connectivity index is 1.54. The molecule has 2 fully saturated rings. The van der Waals surface area contributed by atoms with E-state index in [1.807, 2.05) is 0 Å². The number of pyridine rings is 1. The molecule has 0 atom stereocenters. The minimum absolute atomic E-state index is 0.0733. The van der Waals surface area contributed by atoms with Gasteiger partial charge in [-0.15, -0.1) is 0 Å². The lowest BCUT2D eigenvalue weighted by Gasteiger charge is -2.37. The lowest BCUT2D eigenvalue weighted by molar-refractivity contribution is -0.115. The quantitative estimate of drug-likeness (QED) is 0.646. The van der Waals surface area contributed by atoms with E-state index in [1.165, 1.54) is 12.5 Å². The summed E-state index contributed by atoms with van der Waals surface area (Å²) in [5, 5.41) is 9.82. The van der Waals surface area contributed by atoms with Crippen molar-refractivity contribution in [3.8, 4) is 11.4 Å². The van der Waals surface area contributed by atoms with E-state index in [0.717, 1.165) is 25.7 Å². The molecule has 0 aliphatic heterocycles. The van der Waals surface area contributed by atoms with Gasteiger partial charge in [0, 0.05) is 19.0 Å². The lowest BCUT2D eigenvalue weighted by Crippen LogP contribution is -2.40. The molecule has 0 bridgehead atoms. The number of anilines is 1.